The number of nitrogens with zero attached hydrogens (tertiary/aromatic N) is 2. The maximum absolute atomic E-state index is 12.5. The average Bonchev–Trinajstić information content (AvgIpc) is 3.02. The number of aromatic nitrogens is 3. The Morgan fingerprint density at radius 2 is 1.93 bits per heavy atom. The number of aromatic amines is 2. The molecule has 0 unspecified atom stereocenters. The molecule has 0 spiro atoms. The van der Waals surface area contributed by atoms with Crippen molar-refractivity contribution in [3.05, 3.63) is 58.4 Å². The van der Waals surface area contributed by atoms with E-state index in [1.165, 1.54) is 14.2 Å². The van der Waals surface area contributed by atoms with E-state index >= 15 is 0 Å². The van der Waals surface area contributed by atoms with Crippen LogP contribution in [0.15, 0.2) is 47.3 Å². The SMILES string of the molecule is CON(C)C(=O)c1ccc2[nH]c(-c3nc4ccccc4[nH]c3=O)c(N)c2c1. The van der Waals surface area contributed by atoms with Crippen LogP contribution in [0, 0.1) is 0 Å². The molecule has 0 atom stereocenters. The fourth-order valence-electron chi connectivity index (χ4n) is 3.00. The van der Waals surface area contributed by atoms with E-state index in [9.17, 15) is 9.59 Å². The maximum atomic E-state index is 12.5. The Kier molecular flexibility index (Phi) is 3.89. The van der Waals surface area contributed by atoms with Gasteiger partial charge in [0.15, 0.2) is 5.69 Å². The van der Waals surface area contributed by atoms with Gasteiger partial charge in [0, 0.05) is 23.5 Å². The second-order valence-electron chi connectivity index (χ2n) is 6.09. The lowest BCUT2D eigenvalue weighted by molar-refractivity contribution is -0.0756. The average molecular weight is 363 g/mol. The molecule has 2 heterocycles. The van der Waals surface area contributed by atoms with Crippen molar-refractivity contribution in [2.45, 2.75) is 0 Å². The number of rotatable bonds is 3. The van der Waals surface area contributed by atoms with Gasteiger partial charge in [0.05, 0.1) is 29.5 Å². The summed E-state index contributed by atoms with van der Waals surface area (Å²) in [4.78, 5) is 40.1. The minimum atomic E-state index is -0.345. The van der Waals surface area contributed by atoms with Crippen LogP contribution in [0.2, 0.25) is 0 Å². The van der Waals surface area contributed by atoms with Crippen LogP contribution < -0.4 is 11.3 Å². The summed E-state index contributed by atoms with van der Waals surface area (Å²) in [5.74, 6) is -0.303. The number of benzene rings is 2. The molecule has 136 valence electrons. The number of H-pyrrole nitrogens is 2. The highest BCUT2D eigenvalue weighted by Gasteiger charge is 2.18. The van der Waals surface area contributed by atoms with E-state index in [1.54, 1.807) is 24.3 Å². The van der Waals surface area contributed by atoms with Crippen LogP contribution in [-0.4, -0.2) is 40.1 Å². The molecule has 0 saturated carbocycles. The van der Waals surface area contributed by atoms with Crippen molar-refractivity contribution >= 4 is 33.5 Å². The molecule has 2 aromatic carbocycles. The molecule has 0 aliphatic heterocycles. The number of anilines is 1. The number of fused-ring (bicyclic) bond motifs is 2. The molecule has 8 heteroatoms. The molecule has 0 radical (unpaired) electrons. The Morgan fingerprint density at radius 1 is 1.15 bits per heavy atom. The third kappa shape index (κ3) is 2.72. The standard InChI is InChI=1S/C19H17N5O3/c1-24(27-2)19(26)10-7-8-12-11(9-10)15(20)16(21-12)17-18(25)23-14-6-4-3-5-13(14)22-17/h3-9,21H,20H2,1-2H3,(H,23,25). The van der Waals surface area contributed by atoms with Crippen molar-refractivity contribution in [3.63, 3.8) is 0 Å². The number of hydroxylamine groups is 2. The molecule has 0 saturated heterocycles. The van der Waals surface area contributed by atoms with Crippen LogP contribution in [0.5, 0.6) is 0 Å². The second-order valence-corrected chi connectivity index (χ2v) is 6.09. The number of para-hydroxylation sites is 2. The van der Waals surface area contributed by atoms with E-state index in [-0.39, 0.29) is 17.2 Å². The lowest BCUT2D eigenvalue weighted by Gasteiger charge is -2.13. The van der Waals surface area contributed by atoms with Crippen molar-refractivity contribution in [1.29, 1.82) is 0 Å². The second kappa shape index (κ2) is 6.26. The molecule has 2 aromatic heterocycles. The molecule has 8 nitrogen and oxygen atoms in total. The lowest BCUT2D eigenvalue weighted by atomic mass is 10.1. The van der Waals surface area contributed by atoms with Crippen molar-refractivity contribution < 1.29 is 9.63 Å². The molecule has 4 aromatic rings. The molecular formula is C19H17N5O3. The van der Waals surface area contributed by atoms with Crippen molar-refractivity contribution in [2.75, 3.05) is 19.9 Å². The van der Waals surface area contributed by atoms with E-state index in [2.05, 4.69) is 15.0 Å². The number of nitrogen functional groups attached to an aromatic ring is 1. The van der Waals surface area contributed by atoms with Crippen molar-refractivity contribution in [2.24, 2.45) is 0 Å². The van der Waals surface area contributed by atoms with Crippen molar-refractivity contribution in [3.8, 4) is 11.4 Å². The normalized spacial score (nSPS) is 11.2. The molecule has 0 fully saturated rings. The summed E-state index contributed by atoms with van der Waals surface area (Å²) >= 11 is 0. The number of hydrogen-bond acceptors (Lipinski definition) is 5. The Morgan fingerprint density at radius 3 is 2.70 bits per heavy atom. The van der Waals surface area contributed by atoms with Crippen LogP contribution in [0.4, 0.5) is 5.69 Å². The van der Waals surface area contributed by atoms with Crippen LogP contribution in [-0.2, 0) is 4.84 Å². The molecule has 0 bridgehead atoms. The summed E-state index contributed by atoms with van der Waals surface area (Å²) in [7, 11) is 2.94. The van der Waals surface area contributed by atoms with Gasteiger partial charge in [-0.15, -0.1) is 0 Å². The van der Waals surface area contributed by atoms with E-state index in [1.807, 2.05) is 18.2 Å². The predicted molar refractivity (Wildman–Crippen MR) is 103 cm³/mol. The van der Waals surface area contributed by atoms with Gasteiger partial charge in [0.2, 0.25) is 0 Å². The monoisotopic (exact) mass is 363 g/mol. The predicted octanol–water partition coefficient (Wildman–Crippen LogP) is 2.29. The number of hydrogen-bond donors (Lipinski definition) is 3. The van der Waals surface area contributed by atoms with Crippen LogP contribution in [0.3, 0.4) is 0 Å². The minimum Gasteiger partial charge on any atom is -0.396 e. The van der Waals surface area contributed by atoms with E-state index < -0.39 is 0 Å². The van der Waals surface area contributed by atoms with Gasteiger partial charge in [-0.3, -0.25) is 14.4 Å². The fraction of sp³-hybridized carbons (Fsp3) is 0.105. The Labute approximate surface area is 153 Å². The number of carbonyl (C=O) groups is 1. The van der Waals surface area contributed by atoms with E-state index in [0.29, 0.717) is 38.9 Å². The van der Waals surface area contributed by atoms with Gasteiger partial charge in [-0.1, -0.05) is 12.1 Å². The topological polar surface area (TPSA) is 117 Å². The first-order chi connectivity index (χ1) is 13.0. The zero-order valence-corrected chi connectivity index (χ0v) is 14.7. The first kappa shape index (κ1) is 16.8. The lowest BCUT2D eigenvalue weighted by Crippen LogP contribution is -2.25. The Bertz CT molecular complexity index is 1240. The number of carbonyl (C=O) groups excluding carboxylic acids is 1. The molecule has 4 N–H and O–H groups in total. The van der Waals surface area contributed by atoms with E-state index in [0.717, 1.165) is 5.06 Å². The summed E-state index contributed by atoms with van der Waals surface area (Å²) in [6, 6.07) is 12.3. The summed E-state index contributed by atoms with van der Waals surface area (Å²) in [6.07, 6.45) is 0. The summed E-state index contributed by atoms with van der Waals surface area (Å²) in [5.41, 5.74) is 9.34. The summed E-state index contributed by atoms with van der Waals surface area (Å²) < 4.78 is 0. The largest absolute Gasteiger partial charge is 0.396 e. The highest BCUT2D eigenvalue weighted by molar-refractivity contribution is 6.04. The van der Waals surface area contributed by atoms with Gasteiger partial charge in [0.25, 0.3) is 11.5 Å². The molecule has 4 rings (SSSR count). The van der Waals surface area contributed by atoms with Gasteiger partial charge < -0.3 is 15.7 Å². The summed E-state index contributed by atoms with van der Waals surface area (Å²) in [6.45, 7) is 0. The first-order valence-electron chi connectivity index (χ1n) is 8.22. The van der Waals surface area contributed by atoms with Crippen LogP contribution in [0.1, 0.15) is 10.4 Å². The smallest absolute Gasteiger partial charge is 0.277 e. The zero-order chi connectivity index (χ0) is 19.1. The minimum absolute atomic E-state index is 0.198. The van der Waals surface area contributed by atoms with Gasteiger partial charge in [0.1, 0.15) is 0 Å². The maximum Gasteiger partial charge on any atom is 0.277 e. The molecule has 0 aliphatic rings. The third-order valence-electron chi connectivity index (χ3n) is 4.48. The first-order valence-corrected chi connectivity index (χ1v) is 8.22. The van der Waals surface area contributed by atoms with Gasteiger partial charge >= 0.3 is 0 Å². The molecule has 1 amide bonds. The quantitative estimate of drug-likeness (QED) is 0.483. The zero-order valence-electron chi connectivity index (χ0n) is 14.7. The number of amides is 1. The van der Waals surface area contributed by atoms with Gasteiger partial charge in [-0.2, -0.15) is 0 Å². The fourth-order valence-corrected chi connectivity index (χ4v) is 3.00. The Hall–Kier alpha value is -3.65. The van der Waals surface area contributed by atoms with Crippen molar-refractivity contribution in [1.82, 2.24) is 20.0 Å². The number of nitrogens with two attached hydrogens (primary N) is 1. The number of nitrogens with one attached hydrogen (secondary N) is 2. The third-order valence-corrected chi connectivity index (χ3v) is 4.48. The highest BCUT2D eigenvalue weighted by atomic mass is 16.7. The highest BCUT2D eigenvalue weighted by Crippen LogP contribution is 2.31. The molecule has 27 heavy (non-hydrogen) atoms. The Balaban J connectivity index is 1.89. The van der Waals surface area contributed by atoms with Crippen LogP contribution in [0.25, 0.3) is 33.3 Å². The molecular weight excluding hydrogens is 346 g/mol. The summed E-state index contributed by atoms with van der Waals surface area (Å²) in [5, 5.41) is 1.76. The van der Waals surface area contributed by atoms with Crippen LogP contribution >= 0.6 is 0 Å². The van der Waals surface area contributed by atoms with Gasteiger partial charge in [-0.25, -0.2) is 10.0 Å². The molecule has 0 aliphatic carbocycles. The van der Waals surface area contributed by atoms with Gasteiger partial charge in [-0.05, 0) is 30.3 Å². The van der Waals surface area contributed by atoms with E-state index in [4.69, 9.17) is 10.6 Å².